The van der Waals surface area contributed by atoms with Gasteiger partial charge < -0.3 is 15.4 Å². The van der Waals surface area contributed by atoms with Crippen molar-refractivity contribution in [2.45, 2.75) is 18.4 Å². The largest absolute Gasteiger partial charge is 0.497 e. The van der Waals surface area contributed by atoms with Crippen molar-refractivity contribution in [3.8, 4) is 5.75 Å². The van der Waals surface area contributed by atoms with Gasteiger partial charge in [-0.15, -0.1) is 6.58 Å². The Bertz CT molecular complexity index is 1310. The molecule has 3 fully saturated rings. The van der Waals surface area contributed by atoms with E-state index in [0.717, 1.165) is 42.6 Å². The predicted molar refractivity (Wildman–Crippen MR) is 145 cm³/mol. The van der Waals surface area contributed by atoms with Crippen LogP contribution in [-0.4, -0.2) is 46.7 Å². The number of aromatic nitrogens is 1. The maximum absolute atomic E-state index is 10.9. The smallest absolute Gasteiger partial charge is 0.269 e. The molecule has 0 radical (unpaired) electrons. The average Bonchev–Trinajstić information content (AvgIpc) is 2.91. The average molecular weight is 504 g/mol. The number of nitro groups is 1. The number of nitrogens with zero attached hydrogens (tertiary/aromatic N) is 3. The van der Waals surface area contributed by atoms with E-state index in [1.807, 2.05) is 18.3 Å². The molecule has 3 aliphatic rings. The Morgan fingerprint density at radius 3 is 2.81 bits per heavy atom. The molecule has 4 unspecified atom stereocenters. The molecule has 2 N–H and O–H groups in total. The van der Waals surface area contributed by atoms with Gasteiger partial charge in [0, 0.05) is 42.5 Å². The lowest BCUT2D eigenvalue weighted by Crippen LogP contribution is -2.63. The molecule has 3 aromatic rings. The van der Waals surface area contributed by atoms with Crippen molar-refractivity contribution < 1.29 is 9.66 Å². The van der Waals surface area contributed by atoms with Crippen LogP contribution >= 0.6 is 12.2 Å². The highest BCUT2D eigenvalue weighted by Gasteiger charge is 2.50. The second-order valence-electron chi connectivity index (χ2n) is 9.48. The summed E-state index contributed by atoms with van der Waals surface area (Å²) in [6.07, 6.45) is 6.11. The molecule has 8 nitrogen and oxygen atoms in total. The molecular weight excluding hydrogens is 474 g/mol. The van der Waals surface area contributed by atoms with E-state index in [1.165, 1.54) is 17.7 Å². The first-order valence-electron chi connectivity index (χ1n) is 12.0. The van der Waals surface area contributed by atoms with Gasteiger partial charge in [0.1, 0.15) is 5.75 Å². The summed E-state index contributed by atoms with van der Waals surface area (Å²) in [4.78, 5) is 17.7. The molecule has 0 amide bonds. The van der Waals surface area contributed by atoms with Crippen molar-refractivity contribution in [3.63, 3.8) is 0 Å². The third-order valence-corrected chi connectivity index (χ3v) is 7.89. The Balaban J connectivity index is 1.46. The number of piperidine rings is 3. The molecule has 186 valence electrons. The van der Waals surface area contributed by atoms with Gasteiger partial charge in [-0.1, -0.05) is 6.08 Å². The van der Waals surface area contributed by atoms with Gasteiger partial charge in [0.25, 0.3) is 5.69 Å². The second kappa shape index (κ2) is 9.83. The molecule has 4 heterocycles. The topological polar surface area (TPSA) is 92.6 Å². The van der Waals surface area contributed by atoms with E-state index in [0.29, 0.717) is 29.2 Å². The van der Waals surface area contributed by atoms with Crippen LogP contribution in [0.4, 0.5) is 11.4 Å². The minimum absolute atomic E-state index is 0.0428. The molecule has 36 heavy (non-hydrogen) atoms. The highest BCUT2D eigenvalue weighted by Crippen LogP contribution is 2.49. The lowest BCUT2D eigenvalue weighted by molar-refractivity contribution is -0.384. The number of anilines is 1. The van der Waals surface area contributed by atoms with E-state index in [2.05, 4.69) is 45.3 Å². The van der Waals surface area contributed by atoms with E-state index in [4.69, 9.17) is 17.0 Å². The van der Waals surface area contributed by atoms with Gasteiger partial charge in [0.2, 0.25) is 0 Å². The summed E-state index contributed by atoms with van der Waals surface area (Å²) in [7, 11) is 1.68. The summed E-state index contributed by atoms with van der Waals surface area (Å²) in [5.41, 5.74) is 2.60. The minimum atomic E-state index is -0.415. The number of nitrogens with one attached hydrogen (secondary N) is 2. The van der Waals surface area contributed by atoms with Crippen LogP contribution in [0.3, 0.4) is 0 Å². The zero-order valence-electron chi connectivity index (χ0n) is 20.1. The molecule has 2 bridgehead atoms. The fourth-order valence-corrected chi connectivity index (χ4v) is 5.98. The third kappa shape index (κ3) is 4.40. The molecule has 0 aliphatic carbocycles. The van der Waals surface area contributed by atoms with Gasteiger partial charge >= 0.3 is 0 Å². The fourth-order valence-electron chi connectivity index (χ4n) is 5.79. The number of thiocarbonyl (C=S) groups is 1. The van der Waals surface area contributed by atoms with Crippen LogP contribution < -0.4 is 15.4 Å². The number of methoxy groups -OCH3 is 1. The monoisotopic (exact) mass is 503 g/mol. The van der Waals surface area contributed by atoms with Gasteiger partial charge in [-0.05, 0) is 85.4 Å². The zero-order chi connectivity index (χ0) is 25.3. The second-order valence-corrected chi connectivity index (χ2v) is 9.89. The van der Waals surface area contributed by atoms with Crippen LogP contribution in [0, 0.1) is 22.0 Å². The van der Waals surface area contributed by atoms with Crippen LogP contribution in [0.2, 0.25) is 0 Å². The predicted octanol–water partition coefficient (Wildman–Crippen LogP) is 4.86. The number of nitro benzene ring substituents is 1. The lowest BCUT2D eigenvalue weighted by Gasteiger charge is -2.57. The SMILES string of the molecule is C=CC1CN2CCC1CC2(CNC(=S)Nc1ccc([N+](=O)[O-])cc1)c1ccnc2ccc(OC)cc12. The van der Waals surface area contributed by atoms with Crippen molar-refractivity contribution in [1.29, 1.82) is 0 Å². The number of hydrogen-bond acceptors (Lipinski definition) is 6. The van der Waals surface area contributed by atoms with Crippen molar-refractivity contribution >= 4 is 39.6 Å². The van der Waals surface area contributed by atoms with Crippen LogP contribution in [0.15, 0.2) is 67.4 Å². The highest BCUT2D eigenvalue weighted by atomic mass is 32.1. The number of pyridine rings is 1. The molecule has 2 aromatic carbocycles. The number of hydrogen-bond donors (Lipinski definition) is 2. The standard InChI is InChI=1S/C27H29N5O3S/c1-3-18-16-31-13-11-19(18)15-27(31,24-10-12-28-25-9-8-22(35-2)14-23(24)25)17-29-26(36)30-20-4-6-21(7-5-20)32(33)34/h3-10,12,14,18-19H,1,11,13,15-17H2,2H3,(H2,29,30,36). The summed E-state index contributed by atoms with van der Waals surface area (Å²) in [5.74, 6) is 1.81. The van der Waals surface area contributed by atoms with Gasteiger partial charge in [0.05, 0.1) is 23.1 Å². The number of ether oxygens (including phenoxy) is 1. The summed E-state index contributed by atoms with van der Waals surface area (Å²) in [5, 5.41) is 19.1. The number of fused-ring (bicyclic) bond motifs is 4. The van der Waals surface area contributed by atoms with Crippen LogP contribution in [0.5, 0.6) is 5.75 Å². The van der Waals surface area contributed by atoms with Gasteiger partial charge in [0.15, 0.2) is 5.11 Å². The molecule has 0 spiro atoms. The number of rotatable bonds is 7. The van der Waals surface area contributed by atoms with Gasteiger partial charge in [-0.25, -0.2) is 0 Å². The quantitative estimate of drug-likeness (QED) is 0.204. The first kappa shape index (κ1) is 24.1. The summed E-state index contributed by atoms with van der Waals surface area (Å²) < 4.78 is 5.54. The molecule has 4 atom stereocenters. The first-order valence-corrected chi connectivity index (χ1v) is 12.4. The van der Waals surface area contributed by atoms with Crippen LogP contribution in [0.25, 0.3) is 10.9 Å². The summed E-state index contributed by atoms with van der Waals surface area (Å²) in [6.45, 7) is 6.66. The van der Waals surface area contributed by atoms with Crippen molar-refractivity contribution in [2.24, 2.45) is 11.8 Å². The Morgan fingerprint density at radius 2 is 2.14 bits per heavy atom. The third-order valence-electron chi connectivity index (χ3n) is 7.64. The summed E-state index contributed by atoms with van der Waals surface area (Å²) >= 11 is 5.63. The van der Waals surface area contributed by atoms with Crippen molar-refractivity contribution in [3.05, 3.63) is 83.1 Å². The molecule has 0 saturated carbocycles. The van der Waals surface area contributed by atoms with Crippen LogP contribution in [-0.2, 0) is 5.54 Å². The zero-order valence-corrected chi connectivity index (χ0v) is 21.0. The van der Waals surface area contributed by atoms with Gasteiger partial charge in [-0.3, -0.25) is 20.0 Å². The molecule has 9 heteroatoms. The maximum atomic E-state index is 10.9. The molecular formula is C27H29N5O3S. The summed E-state index contributed by atoms with van der Waals surface area (Å²) in [6, 6.07) is 14.4. The molecule has 6 rings (SSSR count). The molecule has 1 aromatic heterocycles. The molecule has 3 aliphatic heterocycles. The van der Waals surface area contributed by atoms with E-state index in [9.17, 15) is 10.1 Å². The fraction of sp³-hybridized carbons (Fsp3) is 0.333. The highest BCUT2D eigenvalue weighted by molar-refractivity contribution is 7.80. The van der Waals surface area contributed by atoms with Crippen molar-refractivity contribution in [1.82, 2.24) is 15.2 Å². The number of non-ortho nitro benzene ring substituents is 1. The lowest BCUT2D eigenvalue weighted by atomic mass is 9.66. The Morgan fingerprint density at radius 1 is 1.33 bits per heavy atom. The normalized spacial score (nSPS) is 24.8. The maximum Gasteiger partial charge on any atom is 0.269 e. The molecule has 3 saturated heterocycles. The van der Waals surface area contributed by atoms with E-state index in [-0.39, 0.29) is 11.2 Å². The Kier molecular flexibility index (Phi) is 6.59. The Hall–Kier alpha value is -3.56. The first-order chi connectivity index (χ1) is 17.4. The number of benzene rings is 2. The van der Waals surface area contributed by atoms with Crippen LogP contribution in [0.1, 0.15) is 18.4 Å². The van der Waals surface area contributed by atoms with Gasteiger partial charge in [-0.2, -0.15) is 0 Å². The van der Waals surface area contributed by atoms with E-state index >= 15 is 0 Å². The van der Waals surface area contributed by atoms with E-state index in [1.54, 1.807) is 19.2 Å². The van der Waals surface area contributed by atoms with Crippen molar-refractivity contribution in [2.75, 3.05) is 32.1 Å². The Labute approximate surface area is 215 Å². The minimum Gasteiger partial charge on any atom is -0.497 e. The van der Waals surface area contributed by atoms with E-state index < -0.39 is 4.92 Å².